The summed E-state index contributed by atoms with van der Waals surface area (Å²) in [5.74, 6) is 0. The molecule has 1 unspecified atom stereocenters. The van der Waals surface area contributed by atoms with Gasteiger partial charge in [0.15, 0.2) is 0 Å². The average Bonchev–Trinajstić information content (AvgIpc) is 2.84. The highest BCUT2D eigenvalue weighted by atomic mass is 35.5. The molecular weight excluding hydrogens is 260 g/mol. The first kappa shape index (κ1) is 12.0. The number of thiophene rings is 1. The highest BCUT2D eigenvalue weighted by Gasteiger charge is 2.19. The lowest BCUT2D eigenvalue weighted by molar-refractivity contribution is 0.626. The lowest BCUT2D eigenvalue weighted by Crippen LogP contribution is -2.21. The van der Waals surface area contributed by atoms with Gasteiger partial charge in [-0.1, -0.05) is 18.5 Å². The summed E-state index contributed by atoms with van der Waals surface area (Å²) in [6.45, 7) is 5.01. The Morgan fingerprint density at radius 2 is 2.31 bits per heavy atom. The third-order valence-corrected chi connectivity index (χ3v) is 4.46. The number of thiazole rings is 1. The molecule has 2 nitrogen and oxygen atoms in total. The molecule has 0 saturated carbocycles. The van der Waals surface area contributed by atoms with E-state index in [0.717, 1.165) is 27.1 Å². The maximum atomic E-state index is 6.17. The van der Waals surface area contributed by atoms with Crippen molar-refractivity contribution in [2.75, 3.05) is 6.54 Å². The third kappa shape index (κ3) is 2.46. The predicted molar refractivity (Wildman–Crippen MR) is 71.7 cm³/mol. The molecule has 5 heteroatoms. The standard InChI is InChI=1S/C11H13ClN2S2/c1-3-13-10(9-6-16-7(2)14-9)11-8(12)4-5-15-11/h4-6,10,13H,3H2,1-2H3. The third-order valence-electron chi connectivity index (χ3n) is 2.25. The molecule has 0 bridgehead atoms. The van der Waals surface area contributed by atoms with Crippen molar-refractivity contribution < 1.29 is 0 Å². The number of rotatable bonds is 4. The van der Waals surface area contributed by atoms with Crippen LogP contribution in [-0.2, 0) is 0 Å². The maximum Gasteiger partial charge on any atom is 0.0898 e. The molecule has 86 valence electrons. The summed E-state index contributed by atoms with van der Waals surface area (Å²) in [6, 6.07) is 2.06. The molecule has 0 saturated heterocycles. The zero-order valence-corrected chi connectivity index (χ0v) is 11.5. The second-order valence-electron chi connectivity index (χ2n) is 3.41. The Hall–Kier alpha value is -0.420. The van der Waals surface area contributed by atoms with Crippen LogP contribution in [-0.4, -0.2) is 11.5 Å². The van der Waals surface area contributed by atoms with Crippen LogP contribution in [0.2, 0.25) is 5.02 Å². The van der Waals surface area contributed by atoms with E-state index in [0.29, 0.717) is 0 Å². The van der Waals surface area contributed by atoms with Crippen LogP contribution in [0.1, 0.15) is 28.5 Å². The van der Waals surface area contributed by atoms with Gasteiger partial charge in [-0.15, -0.1) is 22.7 Å². The van der Waals surface area contributed by atoms with Gasteiger partial charge < -0.3 is 5.32 Å². The van der Waals surface area contributed by atoms with E-state index in [1.54, 1.807) is 22.7 Å². The quantitative estimate of drug-likeness (QED) is 0.914. The number of halogens is 1. The molecule has 1 N–H and O–H groups in total. The van der Waals surface area contributed by atoms with Crippen LogP contribution in [0.5, 0.6) is 0 Å². The normalized spacial score (nSPS) is 12.9. The number of aryl methyl sites for hydroxylation is 1. The van der Waals surface area contributed by atoms with Crippen molar-refractivity contribution >= 4 is 34.3 Å². The highest BCUT2D eigenvalue weighted by molar-refractivity contribution is 7.11. The molecule has 0 fully saturated rings. The summed E-state index contributed by atoms with van der Waals surface area (Å²) in [6.07, 6.45) is 0. The van der Waals surface area contributed by atoms with Crippen LogP contribution in [0.3, 0.4) is 0 Å². The number of nitrogens with one attached hydrogen (secondary N) is 1. The van der Waals surface area contributed by atoms with E-state index in [-0.39, 0.29) is 6.04 Å². The van der Waals surface area contributed by atoms with E-state index in [1.807, 2.05) is 18.4 Å². The number of hydrogen-bond acceptors (Lipinski definition) is 4. The van der Waals surface area contributed by atoms with E-state index in [2.05, 4.69) is 22.6 Å². The lowest BCUT2D eigenvalue weighted by Gasteiger charge is -2.14. The molecule has 0 aromatic carbocycles. The molecule has 1 atom stereocenters. The minimum Gasteiger partial charge on any atom is -0.305 e. The van der Waals surface area contributed by atoms with Crippen LogP contribution in [0, 0.1) is 6.92 Å². The fourth-order valence-electron chi connectivity index (χ4n) is 1.56. The van der Waals surface area contributed by atoms with Gasteiger partial charge in [0.05, 0.1) is 21.8 Å². The minimum absolute atomic E-state index is 0.127. The first-order chi connectivity index (χ1) is 7.72. The van der Waals surface area contributed by atoms with Gasteiger partial charge in [-0.2, -0.15) is 0 Å². The minimum atomic E-state index is 0.127. The van der Waals surface area contributed by atoms with Gasteiger partial charge in [0.1, 0.15) is 0 Å². The maximum absolute atomic E-state index is 6.17. The van der Waals surface area contributed by atoms with Crippen LogP contribution in [0.25, 0.3) is 0 Å². The van der Waals surface area contributed by atoms with Crippen molar-refractivity contribution in [1.29, 1.82) is 0 Å². The molecule has 0 amide bonds. The number of aromatic nitrogens is 1. The van der Waals surface area contributed by atoms with E-state index >= 15 is 0 Å². The van der Waals surface area contributed by atoms with Gasteiger partial charge in [-0.05, 0) is 24.9 Å². The Kier molecular flexibility index (Phi) is 3.97. The van der Waals surface area contributed by atoms with Crippen LogP contribution in [0.4, 0.5) is 0 Å². The molecule has 0 spiro atoms. The SMILES string of the molecule is CCNC(c1csc(C)n1)c1sccc1Cl. The molecule has 16 heavy (non-hydrogen) atoms. The molecule has 0 aliphatic heterocycles. The molecule has 0 aliphatic rings. The predicted octanol–water partition coefficient (Wildman–Crippen LogP) is 3.87. The fourth-order valence-corrected chi connectivity index (χ4v) is 3.45. The Labute approximate surface area is 108 Å². The van der Waals surface area contributed by atoms with Crippen LogP contribution in [0.15, 0.2) is 16.8 Å². The van der Waals surface area contributed by atoms with Gasteiger partial charge in [0.2, 0.25) is 0 Å². The molecule has 2 aromatic heterocycles. The largest absolute Gasteiger partial charge is 0.305 e. The van der Waals surface area contributed by atoms with Gasteiger partial charge in [-0.25, -0.2) is 4.98 Å². The lowest BCUT2D eigenvalue weighted by atomic mass is 10.2. The van der Waals surface area contributed by atoms with Crippen molar-refractivity contribution in [2.45, 2.75) is 19.9 Å². The second kappa shape index (κ2) is 5.27. The monoisotopic (exact) mass is 272 g/mol. The Bertz CT molecular complexity index is 464. The Morgan fingerprint density at radius 1 is 1.50 bits per heavy atom. The van der Waals surface area contributed by atoms with Gasteiger partial charge in [-0.3, -0.25) is 0 Å². The van der Waals surface area contributed by atoms with E-state index < -0.39 is 0 Å². The summed E-state index contributed by atoms with van der Waals surface area (Å²) in [7, 11) is 0. The second-order valence-corrected chi connectivity index (χ2v) is 5.83. The highest BCUT2D eigenvalue weighted by Crippen LogP contribution is 2.33. The van der Waals surface area contributed by atoms with Crippen LogP contribution < -0.4 is 5.32 Å². The Balaban J connectivity index is 2.34. The zero-order valence-electron chi connectivity index (χ0n) is 9.16. The van der Waals surface area contributed by atoms with E-state index in [9.17, 15) is 0 Å². The van der Waals surface area contributed by atoms with Crippen molar-refractivity contribution in [3.8, 4) is 0 Å². The van der Waals surface area contributed by atoms with Crippen molar-refractivity contribution in [2.24, 2.45) is 0 Å². The van der Waals surface area contributed by atoms with Crippen molar-refractivity contribution in [3.05, 3.63) is 37.4 Å². The summed E-state index contributed by atoms with van der Waals surface area (Å²) < 4.78 is 0. The first-order valence-corrected chi connectivity index (χ1v) is 7.24. The summed E-state index contributed by atoms with van der Waals surface area (Å²) in [5, 5.41) is 9.45. The van der Waals surface area contributed by atoms with Gasteiger partial charge in [0, 0.05) is 10.3 Å². The summed E-state index contributed by atoms with van der Waals surface area (Å²) in [5.41, 5.74) is 1.06. The molecule has 2 heterocycles. The average molecular weight is 273 g/mol. The number of hydrogen-bond donors (Lipinski definition) is 1. The molecular formula is C11H13ClN2S2. The smallest absolute Gasteiger partial charge is 0.0898 e. The number of nitrogens with zero attached hydrogens (tertiary/aromatic N) is 1. The molecule has 2 rings (SSSR count). The van der Waals surface area contributed by atoms with Crippen LogP contribution >= 0.6 is 34.3 Å². The fraction of sp³-hybridized carbons (Fsp3) is 0.364. The zero-order chi connectivity index (χ0) is 11.5. The molecule has 0 radical (unpaired) electrons. The van der Waals surface area contributed by atoms with Gasteiger partial charge >= 0.3 is 0 Å². The summed E-state index contributed by atoms with van der Waals surface area (Å²) >= 11 is 9.52. The first-order valence-electron chi connectivity index (χ1n) is 5.10. The van der Waals surface area contributed by atoms with E-state index in [4.69, 9.17) is 11.6 Å². The summed E-state index contributed by atoms with van der Waals surface area (Å²) in [4.78, 5) is 5.68. The van der Waals surface area contributed by atoms with Crippen molar-refractivity contribution in [1.82, 2.24) is 10.3 Å². The Morgan fingerprint density at radius 3 is 2.81 bits per heavy atom. The topological polar surface area (TPSA) is 24.9 Å². The van der Waals surface area contributed by atoms with Gasteiger partial charge in [0.25, 0.3) is 0 Å². The van der Waals surface area contributed by atoms with Crippen molar-refractivity contribution in [3.63, 3.8) is 0 Å². The molecule has 0 aliphatic carbocycles. The van der Waals surface area contributed by atoms with E-state index in [1.165, 1.54) is 0 Å². The molecule has 2 aromatic rings.